The monoisotopic (exact) mass is 403 g/mol. The first-order chi connectivity index (χ1) is 10.6. The van der Waals surface area contributed by atoms with Crippen molar-refractivity contribution in [3.8, 4) is 0 Å². The van der Waals surface area contributed by atoms with Gasteiger partial charge in [0.2, 0.25) is 0 Å². The Balaban J connectivity index is 1.78. The number of hydrazone groups is 1. The van der Waals surface area contributed by atoms with Crippen LogP contribution in [0.1, 0.15) is 15.9 Å². The fourth-order valence-electron chi connectivity index (χ4n) is 2.33. The normalized spacial score (nSPS) is 11.2. The van der Waals surface area contributed by atoms with Crippen LogP contribution in [0.25, 0.3) is 10.9 Å². The molecular formula is C17H14IN3O. The first kappa shape index (κ1) is 14.8. The number of halogens is 1. The zero-order valence-corrected chi connectivity index (χ0v) is 14.1. The van der Waals surface area contributed by atoms with Gasteiger partial charge in [-0.05, 0) is 46.9 Å². The molecule has 1 aromatic heterocycles. The number of aromatic nitrogens is 1. The Hall–Kier alpha value is -2.15. The van der Waals surface area contributed by atoms with Gasteiger partial charge in [-0.1, -0.05) is 24.3 Å². The minimum absolute atomic E-state index is 0.213. The fourth-order valence-corrected chi connectivity index (χ4v) is 2.87. The molecule has 1 N–H and O–H groups in total. The van der Waals surface area contributed by atoms with Crippen molar-refractivity contribution in [1.29, 1.82) is 0 Å². The molecule has 0 unspecified atom stereocenters. The van der Waals surface area contributed by atoms with Gasteiger partial charge in [-0.2, -0.15) is 5.10 Å². The zero-order chi connectivity index (χ0) is 15.5. The summed E-state index contributed by atoms with van der Waals surface area (Å²) in [4.78, 5) is 12.0. The van der Waals surface area contributed by atoms with E-state index >= 15 is 0 Å². The minimum Gasteiger partial charge on any atom is -0.350 e. The average molecular weight is 403 g/mol. The van der Waals surface area contributed by atoms with Crippen LogP contribution in [0.15, 0.2) is 59.8 Å². The summed E-state index contributed by atoms with van der Waals surface area (Å²) in [6, 6.07) is 15.5. The van der Waals surface area contributed by atoms with E-state index in [-0.39, 0.29) is 5.91 Å². The van der Waals surface area contributed by atoms with Crippen molar-refractivity contribution >= 4 is 45.6 Å². The second-order valence-corrected chi connectivity index (χ2v) is 6.17. The van der Waals surface area contributed by atoms with E-state index in [2.05, 4.69) is 39.2 Å². The SMILES string of the molecule is Cn1cc(C=NNC(=O)c2cccc(I)c2)c2ccccc21. The summed E-state index contributed by atoms with van der Waals surface area (Å²) < 4.78 is 3.06. The molecule has 1 heterocycles. The first-order valence-electron chi connectivity index (χ1n) is 6.78. The van der Waals surface area contributed by atoms with Gasteiger partial charge >= 0.3 is 0 Å². The standard InChI is InChI=1S/C17H14IN3O/c1-21-11-13(15-7-2-3-8-16(15)21)10-19-20-17(22)12-5-4-6-14(18)9-12/h2-11H,1H3,(H,20,22). The topological polar surface area (TPSA) is 46.4 Å². The number of nitrogens with one attached hydrogen (secondary N) is 1. The lowest BCUT2D eigenvalue weighted by molar-refractivity contribution is 0.0955. The van der Waals surface area contributed by atoms with Crippen molar-refractivity contribution in [2.75, 3.05) is 0 Å². The Morgan fingerprint density at radius 2 is 2.05 bits per heavy atom. The Kier molecular flexibility index (Phi) is 4.24. The van der Waals surface area contributed by atoms with Crippen LogP contribution in [0.3, 0.4) is 0 Å². The molecule has 0 radical (unpaired) electrons. The molecule has 4 nitrogen and oxygen atoms in total. The first-order valence-corrected chi connectivity index (χ1v) is 7.86. The molecule has 22 heavy (non-hydrogen) atoms. The third kappa shape index (κ3) is 3.04. The lowest BCUT2D eigenvalue weighted by Gasteiger charge is -1.99. The van der Waals surface area contributed by atoms with Crippen molar-refractivity contribution in [2.45, 2.75) is 0 Å². The maximum atomic E-state index is 12.0. The molecule has 0 aliphatic heterocycles. The maximum absolute atomic E-state index is 12.0. The predicted molar refractivity (Wildman–Crippen MR) is 97.1 cm³/mol. The van der Waals surface area contributed by atoms with Crippen molar-refractivity contribution in [2.24, 2.45) is 12.1 Å². The molecule has 3 aromatic rings. The molecule has 110 valence electrons. The third-order valence-corrected chi connectivity index (χ3v) is 4.06. The van der Waals surface area contributed by atoms with Crippen LogP contribution in [0.4, 0.5) is 0 Å². The molecule has 3 rings (SSSR count). The number of benzene rings is 2. The van der Waals surface area contributed by atoms with Crippen LogP contribution in [0.2, 0.25) is 0 Å². The molecule has 1 amide bonds. The van der Waals surface area contributed by atoms with Gasteiger partial charge in [-0.25, -0.2) is 5.43 Å². The second kappa shape index (κ2) is 6.31. The highest BCUT2D eigenvalue weighted by Crippen LogP contribution is 2.18. The van der Waals surface area contributed by atoms with Crippen molar-refractivity contribution in [3.63, 3.8) is 0 Å². The fraction of sp³-hybridized carbons (Fsp3) is 0.0588. The molecule has 0 fully saturated rings. The van der Waals surface area contributed by atoms with Crippen LogP contribution >= 0.6 is 22.6 Å². The molecule has 2 aromatic carbocycles. The molecule has 0 aliphatic rings. The van der Waals surface area contributed by atoms with Crippen LogP contribution in [0, 0.1) is 3.57 Å². The summed E-state index contributed by atoms with van der Waals surface area (Å²) in [6.45, 7) is 0. The summed E-state index contributed by atoms with van der Waals surface area (Å²) in [6.07, 6.45) is 3.67. The summed E-state index contributed by atoms with van der Waals surface area (Å²) in [5.74, 6) is -0.213. The highest BCUT2D eigenvalue weighted by atomic mass is 127. The second-order valence-electron chi connectivity index (χ2n) is 4.92. The summed E-state index contributed by atoms with van der Waals surface area (Å²) in [7, 11) is 1.99. The number of carbonyl (C=O) groups excluding carboxylic acids is 1. The van der Waals surface area contributed by atoms with Gasteiger partial charge in [-0.15, -0.1) is 0 Å². The van der Waals surface area contributed by atoms with E-state index in [4.69, 9.17) is 0 Å². The molecule has 0 spiro atoms. The molecule has 0 saturated carbocycles. The Morgan fingerprint density at radius 3 is 2.86 bits per heavy atom. The summed E-state index contributed by atoms with van der Waals surface area (Å²) in [5, 5.41) is 5.18. The minimum atomic E-state index is -0.213. The van der Waals surface area contributed by atoms with E-state index < -0.39 is 0 Å². The number of carbonyl (C=O) groups is 1. The van der Waals surface area contributed by atoms with E-state index in [1.807, 2.05) is 54.2 Å². The summed E-state index contributed by atoms with van der Waals surface area (Å²) in [5.41, 5.74) is 5.27. The number of rotatable bonds is 3. The smallest absolute Gasteiger partial charge is 0.271 e. The number of hydrogen-bond acceptors (Lipinski definition) is 2. The van der Waals surface area contributed by atoms with Crippen LogP contribution in [0.5, 0.6) is 0 Å². The van der Waals surface area contributed by atoms with E-state index in [1.165, 1.54) is 0 Å². The lowest BCUT2D eigenvalue weighted by atomic mass is 10.2. The van der Waals surface area contributed by atoms with Gasteiger partial charge in [0.15, 0.2) is 0 Å². The molecule has 0 aliphatic carbocycles. The largest absolute Gasteiger partial charge is 0.350 e. The molecule has 0 saturated heterocycles. The quantitative estimate of drug-likeness (QED) is 0.406. The third-order valence-electron chi connectivity index (χ3n) is 3.38. The lowest BCUT2D eigenvalue weighted by Crippen LogP contribution is -2.17. The Bertz CT molecular complexity index is 867. The molecule has 0 bridgehead atoms. The predicted octanol–water partition coefficient (Wildman–Crippen LogP) is 3.55. The molecule has 0 atom stereocenters. The highest BCUT2D eigenvalue weighted by molar-refractivity contribution is 14.1. The number of nitrogens with zero attached hydrogens (tertiary/aromatic N) is 2. The Morgan fingerprint density at radius 1 is 1.23 bits per heavy atom. The summed E-state index contributed by atoms with van der Waals surface area (Å²) >= 11 is 2.18. The van der Waals surface area contributed by atoms with Gasteiger partial charge in [0.05, 0.1) is 6.21 Å². The molecule has 5 heteroatoms. The number of aryl methyl sites for hydroxylation is 1. The average Bonchev–Trinajstić information content (AvgIpc) is 2.84. The van der Waals surface area contributed by atoms with E-state index in [1.54, 1.807) is 12.3 Å². The van der Waals surface area contributed by atoms with Gasteiger partial charge in [-0.3, -0.25) is 4.79 Å². The van der Waals surface area contributed by atoms with Crippen molar-refractivity contribution in [3.05, 3.63) is 69.4 Å². The molecular weight excluding hydrogens is 389 g/mol. The van der Waals surface area contributed by atoms with Gasteiger partial charge in [0, 0.05) is 38.8 Å². The number of fused-ring (bicyclic) bond motifs is 1. The van der Waals surface area contributed by atoms with Crippen LogP contribution in [-0.4, -0.2) is 16.7 Å². The van der Waals surface area contributed by atoms with Crippen LogP contribution < -0.4 is 5.43 Å². The number of hydrogen-bond donors (Lipinski definition) is 1. The van der Waals surface area contributed by atoms with Crippen LogP contribution in [-0.2, 0) is 7.05 Å². The van der Waals surface area contributed by atoms with Gasteiger partial charge < -0.3 is 4.57 Å². The van der Waals surface area contributed by atoms with Crippen molar-refractivity contribution < 1.29 is 4.79 Å². The van der Waals surface area contributed by atoms with E-state index in [0.717, 1.165) is 20.0 Å². The number of amides is 1. The highest BCUT2D eigenvalue weighted by Gasteiger charge is 2.05. The van der Waals surface area contributed by atoms with E-state index in [9.17, 15) is 4.79 Å². The van der Waals surface area contributed by atoms with Gasteiger partial charge in [0.1, 0.15) is 0 Å². The van der Waals surface area contributed by atoms with Crippen molar-refractivity contribution in [1.82, 2.24) is 9.99 Å². The van der Waals surface area contributed by atoms with E-state index in [0.29, 0.717) is 5.56 Å². The zero-order valence-electron chi connectivity index (χ0n) is 12.0. The number of para-hydroxylation sites is 1. The maximum Gasteiger partial charge on any atom is 0.271 e. The van der Waals surface area contributed by atoms with Gasteiger partial charge in [0.25, 0.3) is 5.91 Å². The Labute approximate surface area is 142 Å².